The molecule has 2 N–H and O–H groups in total. The Kier molecular flexibility index (Phi) is 13.5. The molecule has 2 aromatic rings. The van der Waals surface area contributed by atoms with Gasteiger partial charge in [-0.1, -0.05) is 84.0 Å². The molecule has 0 aliphatic rings. The van der Waals surface area contributed by atoms with Crippen LogP contribution in [0.15, 0.2) is 47.5 Å². The van der Waals surface area contributed by atoms with Crippen molar-refractivity contribution in [2.75, 3.05) is 0 Å². The predicted molar refractivity (Wildman–Crippen MR) is 139 cm³/mol. The Labute approximate surface area is 204 Å². The smallest absolute Gasteiger partial charge is 0.311 e. The first-order chi connectivity index (χ1) is 16.6. The van der Waals surface area contributed by atoms with Crippen LogP contribution in [0.1, 0.15) is 102 Å². The Bertz CT molecular complexity index is 861. The number of phenols is 2. The number of hydrogen-bond donors (Lipinski definition) is 2. The van der Waals surface area contributed by atoms with E-state index in [0.717, 1.165) is 12.8 Å². The van der Waals surface area contributed by atoms with E-state index in [1.807, 2.05) is 0 Å². The Morgan fingerprint density at radius 1 is 0.794 bits per heavy atom. The lowest BCUT2D eigenvalue weighted by Crippen LogP contribution is -2.07. The van der Waals surface area contributed by atoms with Crippen LogP contribution >= 0.6 is 0 Å². The number of hydrogen-bond acceptors (Lipinski definition) is 5. The molecular weight excluding hydrogens is 426 g/mol. The molecule has 0 amide bonds. The second-order valence-electron chi connectivity index (χ2n) is 8.96. The fourth-order valence-corrected chi connectivity index (χ4v) is 3.85. The molecule has 0 aromatic heterocycles. The number of rotatable bonds is 17. The first-order valence-corrected chi connectivity index (χ1v) is 13.0. The van der Waals surface area contributed by atoms with Gasteiger partial charge in [-0.2, -0.15) is 0 Å². The maximum absolute atomic E-state index is 12.1. The van der Waals surface area contributed by atoms with Gasteiger partial charge in [0, 0.05) is 24.3 Å². The summed E-state index contributed by atoms with van der Waals surface area (Å²) in [5.74, 6) is 0.229. The van der Waals surface area contributed by atoms with Crippen LogP contribution in [0, 0.1) is 0 Å². The average Bonchev–Trinajstić information content (AvgIpc) is 2.82. The molecule has 5 heteroatoms. The van der Waals surface area contributed by atoms with Gasteiger partial charge in [0.25, 0.3) is 0 Å². The van der Waals surface area contributed by atoms with E-state index in [2.05, 4.69) is 11.9 Å². The highest BCUT2D eigenvalue weighted by Crippen LogP contribution is 2.24. The molecule has 0 spiro atoms. The Morgan fingerprint density at radius 2 is 1.35 bits per heavy atom. The Balaban J connectivity index is 1.55. The number of unbranched alkanes of at least 4 members (excludes halogenated alkanes) is 12. The van der Waals surface area contributed by atoms with Crippen LogP contribution in [0.3, 0.4) is 0 Å². The SMILES string of the molecule is CCCCCCCCCCCCCCCC(=O)Oc1ccc(C=Nc2ccc(O)cc2)c(O)c1. The third-order valence-electron chi connectivity index (χ3n) is 5.92. The van der Waals surface area contributed by atoms with Gasteiger partial charge in [-0.25, -0.2) is 0 Å². The van der Waals surface area contributed by atoms with E-state index in [9.17, 15) is 15.0 Å². The molecule has 0 fully saturated rings. The van der Waals surface area contributed by atoms with Crippen LogP contribution in [0.25, 0.3) is 0 Å². The summed E-state index contributed by atoms with van der Waals surface area (Å²) in [5, 5.41) is 19.5. The first-order valence-electron chi connectivity index (χ1n) is 13.0. The van der Waals surface area contributed by atoms with Crippen molar-refractivity contribution in [3.8, 4) is 17.2 Å². The highest BCUT2D eigenvalue weighted by molar-refractivity contribution is 5.86. The van der Waals surface area contributed by atoms with Gasteiger partial charge in [-0.3, -0.25) is 9.79 Å². The lowest BCUT2D eigenvalue weighted by Gasteiger charge is -2.06. The summed E-state index contributed by atoms with van der Waals surface area (Å²) in [5.41, 5.74) is 1.18. The second kappa shape index (κ2) is 16.7. The molecule has 0 bridgehead atoms. The number of phenolic OH excluding ortho intramolecular Hbond substituents is 2. The van der Waals surface area contributed by atoms with E-state index < -0.39 is 0 Å². The topological polar surface area (TPSA) is 79.1 Å². The van der Waals surface area contributed by atoms with Gasteiger partial charge in [0.05, 0.1) is 5.69 Å². The number of esters is 1. The molecule has 0 saturated carbocycles. The second-order valence-corrected chi connectivity index (χ2v) is 8.96. The summed E-state index contributed by atoms with van der Waals surface area (Å²) >= 11 is 0. The third-order valence-corrected chi connectivity index (χ3v) is 5.92. The van der Waals surface area contributed by atoms with Crippen molar-refractivity contribution in [3.63, 3.8) is 0 Å². The zero-order chi connectivity index (χ0) is 24.4. The minimum atomic E-state index is -0.270. The number of carbonyl (C=O) groups is 1. The van der Waals surface area contributed by atoms with Gasteiger partial charge in [-0.15, -0.1) is 0 Å². The molecule has 2 rings (SSSR count). The molecule has 2 aromatic carbocycles. The molecule has 5 nitrogen and oxygen atoms in total. The molecule has 34 heavy (non-hydrogen) atoms. The number of ether oxygens (including phenoxy) is 1. The van der Waals surface area contributed by atoms with Crippen LogP contribution in [-0.4, -0.2) is 22.4 Å². The van der Waals surface area contributed by atoms with E-state index in [0.29, 0.717) is 23.4 Å². The van der Waals surface area contributed by atoms with Crippen molar-refractivity contribution in [1.29, 1.82) is 0 Å². The van der Waals surface area contributed by atoms with E-state index in [4.69, 9.17) is 4.74 Å². The molecule has 0 aliphatic carbocycles. The Morgan fingerprint density at radius 3 is 1.91 bits per heavy atom. The lowest BCUT2D eigenvalue weighted by atomic mass is 10.0. The number of aliphatic imine (C=N–C) groups is 1. The van der Waals surface area contributed by atoms with Crippen molar-refractivity contribution >= 4 is 17.9 Å². The third kappa shape index (κ3) is 11.9. The predicted octanol–water partition coefficient (Wildman–Crippen LogP) is 8.24. The van der Waals surface area contributed by atoms with Crippen molar-refractivity contribution < 1.29 is 19.7 Å². The summed E-state index contributed by atoms with van der Waals surface area (Å²) in [4.78, 5) is 16.4. The summed E-state index contributed by atoms with van der Waals surface area (Å²) < 4.78 is 5.36. The molecule has 186 valence electrons. The van der Waals surface area contributed by atoms with Crippen molar-refractivity contribution in [3.05, 3.63) is 48.0 Å². The van der Waals surface area contributed by atoms with E-state index in [1.54, 1.807) is 36.4 Å². The zero-order valence-electron chi connectivity index (χ0n) is 20.7. The fraction of sp³-hybridized carbons (Fsp3) is 0.517. The number of aromatic hydroxyl groups is 2. The summed E-state index contributed by atoms with van der Waals surface area (Å²) in [7, 11) is 0. The normalized spacial score (nSPS) is 11.2. The monoisotopic (exact) mass is 467 g/mol. The van der Waals surface area contributed by atoms with Gasteiger partial charge >= 0.3 is 5.97 Å². The van der Waals surface area contributed by atoms with Gasteiger partial charge in [0.2, 0.25) is 0 Å². The van der Waals surface area contributed by atoms with Gasteiger partial charge < -0.3 is 14.9 Å². The summed E-state index contributed by atoms with van der Waals surface area (Å²) in [6.45, 7) is 2.26. The van der Waals surface area contributed by atoms with Crippen molar-refractivity contribution in [2.24, 2.45) is 4.99 Å². The summed E-state index contributed by atoms with van der Waals surface area (Å²) in [6.07, 6.45) is 18.4. The van der Waals surface area contributed by atoms with Gasteiger partial charge in [0.15, 0.2) is 0 Å². The van der Waals surface area contributed by atoms with E-state index in [-0.39, 0.29) is 17.5 Å². The molecule has 0 heterocycles. The van der Waals surface area contributed by atoms with Crippen LogP contribution < -0.4 is 4.74 Å². The van der Waals surface area contributed by atoms with Crippen molar-refractivity contribution in [1.82, 2.24) is 0 Å². The lowest BCUT2D eigenvalue weighted by molar-refractivity contribution is -0.134. The van der Waals surface area contributed by atoms with Crippen molar-refractivity contribution in [2.45, 2.75) is 96.8 Å². The minimum Gasteiger partial charge on any atom is -0.508 e. The molecule has 0 atom stereocenters. The highest BCUT2D eigenvalue weighted by Gasteiger charge is 2.07. The number of carbonyl (C=O) groups excluding carboxylic acids is 1. The number of nitrogens with zero attached hydrogens (tertiary/aromatic N) is 1. The van der Waals surface area contributed by atoms with Crippen LogP contribution in [-0.2, 0) is 4.79 Å². The molecule has 0 aliphatic heterocycles. The average molecular weight is 468 g/mol. The molecule has 0 saturated heterocycles. The van der Waals surface area contributed by atoms with Gasteiger partial charge in [0.1, 0.15) is 17.2 Å². The molecule has 0 unspecified atom stereocenters. The molecular formula is C29H41NO4. The highest BCUT2D eigenvalue weighted by atomic mass is 16.5. The standard InChI is InChI=1S/C29H41NO4/c1-2-3-4-5-6-7-8-9-10-11-12-13-14-15-29(33)34-27-21-16-24(28(32)22-27)23-30-25-17-19-26(31)20-18-25/h16-23,31-32H,2-15H2,1H3. The maximum atomic E-state index is 12.1. The maximum Gasteiger partial charge on any atom is 0.311 e. The van der Waals surface area contributed by atoms with Crippen LogP contribution in [0.2, 0.25) is 0 Å². The molecule has 0 radical (unpaired) electrons. The van der Waals surface area contributed by atoms with Crippen LogP contribution in [0.4, 0.5) is 5.69 Å². The van der Waals surface area contributed by atoms with Crippen LogP contribution in [0.5, 0.6) is 17.2 Å². The summed E-state index contributed by atoms with van der Waals surface area (Å²) in [6, 6.07) is 11.2. The quantitative estimate of drug-likeness (QED) is 0.106. The fourth-order valence-electron chi connectivity index (χ4n) is 3.85. The number of benzene rings is 2. The largest absolute Gasteiger partial charge is 0.508 e. The first kappa shape index (κ1) is 27.4. The van der Waals surface area contributed by atoms with Gasteiger partial charge in [-0.05, 0) is 42.8 Å². The van der Waals surface area contributed by atoms with E-state index >= 15 is 0 Å². The Hall–Kier alpha value is -2.82. The zero-order valence-corrected chi connectivity index (χ0v) is 20.7. The van der Waals surface area contributed by atoms with E-state index in [1.165, 1.54) is 82.9 Å². The minimum absolute atomic E-state index is 0.00575.